The van der Waals surface area contributed by atoms with E-state index in [-0.39, 0.29) is 12.5 Å². The Morgan fingerprint density at radius 1 is 1.29 bits per heavy atom. The third-order valence-corrected chi connectivity index (χ3v) is 3.75. The van der Waals surface area contributed by atoms with E-state index in [9.17, 15) is 4.79 Å². The molecule has 8 heteroatoms. The summed E-state index contributed by atoms with van der Waals surface area (Å²) in [6.07, 6.45) is 4.67. The Morgan fingerprint density at radius 3 is 2.88 bits per heavy atom. The molecule has 1 N–H and O–H groups in total. The van der Waals surface area contributed by atoms with Gasteiger partial charge in [-0.25, -0.2) is 9.97 Å². The van der Waals surface area contributed by atoms with E-state index in [1.54, 1.807) is 30.6 Å². The number of anilines is 2. The predicted octanol–water partition coefficient (Wildman–Crippen LogP) is 0.641. The van der Waals surface area contributed by atoms with Crippen LogP contribution in [0.3, 0.4) is 0 Å². The van der Waals surface area contributed by atoms with Crippen molar-refractivity contribution in [1.29, 1.82) is 0 Å². The van der Waals surface area contributed by atoms with Crippen LogP contribution in [0.2, 0.25) is 0 Å². The van der Waals surface area contributed by atoms with Crippen LogP contribution in [0.1, 0.15) is 0 Å². The Balaban J connectivity index is 1.55. The van der Waals surface area contributed by atoms with E-state index in [1.165, 1.54) is 6.33 Å². The number of aromatic nitrogens is 3. The van der Waals surface area contributed by atoms with Crippen LogP contribution >= 0.6 is 0 Å². The van der Waals surface area contributed by atoms with Crippen molar-refractivity contribution in [2.24, 2.45) is 0 Å². The number of ether oxygens (including phenoxy) is 1. The fourth-order valence-electron chi connectivity index (χ4n) is 2.38. The largest absolute Gasteiger partial charge is 0.482 e. The topological polar surface area (TPSA) is 83.5 Å². The highest BCUT2D eigenvalue weighted by atomic mass is 16.5. The fraction of sp³-hybridized carbons (Fsp3) is 0.375. The molecule has 2 aromatic heterocycles. The van der Waals surface area contributed by atoms with E-state index in [4.69, 9.17) is 4.74 Å². The lowest BCUT2D eigenvalue weighted by Crippen LogP contribution is -2.44. The molecule has 3 heterocycles. The van der Waals surface area contributed by atoms with Crippen LogP contribution in [-0.4, -0.2) is 65.6 Å². The van der Waals surface area contributed by atoms with E-state index in [2.05, 4.69) is 37.1 Å². The fourth-order valence-corrected chi connectivity index (χ4v) is 2.38. The molecule has 0 aliphatic carbocycles. The molecule has 1 fully saturated rings. The van der Waals surface area contributed by atoms with Crippen molar-refractivity contribution in [3.63, 3.8) is 0 Å². The van der Waals surface area contributed by atoms with E-state index in [0.29, 0.717) is 11.6 Å². The van der Waals surface area contributed by atoms with Gasteiger partial charge in [-0.3, -0.25) is 9.78 Å². The van der Waals surface area contributed by atoms with Gasteiger partial charge in [-0.2, -0.15) is 0 Å². The van der Waals surface area contributed by atoms with Gasteiger partial charge >= 0.3 is 0 Å². The van der Waals surface area contributed by atoms with Crippen molar-refractivity contribution >= 4 is 17.5 Å². The zero-order chi connectivity index (χ0) is 16.8. The molecule has 1 saturated heterocycles. The molecular formula is C16H20N6O2. The third-order valence-electron chi connectivity index (χ3n) is 3.75. The average Bonchev–Trinajstić information content (AvgIpc) is 2.62. The van der Waals surface area contributed by atoms with E-state index >= 15 is 0 Å². The standard InChI is InChI=1S/C16H20N6O2/c1-21-5-7-22(8-6-21)15-9-14(18-12-19-15)20-16(23)11-24-13-3-2-4-17-10-13/h2-4,9-10,12H,5-8,11H2,1H3,(H,18,19,20,23). The molecule has 0 saturated carbocycles. The second-order valence-electron chi connectivity index (χ2n) is 5.58. The maximum Gasteiger partial charge on any atom is 0.263 e. The van der Waals surface area contributed by atoms with Gasteiger partial charge in [0.15, 0.2) is 6.61 Å². The first kappa shape index (κ1) is 16.1. The first-order valence-corrected chi connectivity index (χ1v) is 7.79. The number of hydrogen-bond acceptors (Lipinski definition) is 7. The molecule has 8 nitrogen and oxygen atoms in total. The van der Waals surface area contributed by atoms with E-state index in [0.717, 1.165) is 32.0 Å². The lowest BCUT2D eigenvalue weighted by Gasteiger charge is -2.33. The molecule has 0 aromatic carbocycles. The lowest BCUT2D eigenvalue weighted by molar-refractivity contribution is -0.118. The molecule has 1 aliphatic heterocycles. The van der Waals surface area contributed by atoms with E-state index in [1.807, 2.05) is 0 Å². The Hall–Kier alpha value is -2.74. The van der Waals surface area contributed by atoms with Crippen molar-refractivity contribution in [2.75, 3.05) is 50.1 Å². The molecule has 1 aliphatic rings. The van der Waals surface area contributed by atoms with Crippen LogP contribution in [0, 0.1) is 0 Å². The minimum absolute atomic E-state index is 0.0977. The average molecular weight is 328 g/mol. The number of piperazine rings is 1. The van der Waals surface area contributed by atoms with Crippen molar-refractivity contribution in [2.45, 2.75) is 0 Å². The summed E-state index contributed by atoms with van der Waals surface area (Å²) in [7, 11) is 2.10. The Morgan fingerprint density at radius 2 is 2.12 bits per heavy atom. The van der Waals surface area contributed by atoms with Crippen LogP contribution in [0.5, 0.6) is 5.75 Å². The smallest absolute Gasteiger partial charge is 0.263 e. The van der Waals surface area contributed by atoms with Crippen molar-refractivity contribution in [3.05, 3.63) is 36.9 Å². The number of amides is 1. The predicted molar refractivity (Wildman–Crippen MR) is 90.1 cm³/mol. The quantitative estimate of drug-likeness (QED) is 0.862. The van der Waals surface area contributed by atoms with Crippen LogP contribution in [0.15, 0.2) is 36.9 Å². The van der Waals surface area contributed by atoms with Crippen LogP contribution < -0.4 is 15.0 Å². The second kappa shape index (κ2) is 7.69. The van der Waals surface area contributed by atoms with Crippen molar-refractivity contribution in [1.82, 2.24) is 19.9 Å². The normalized spacial score (nSPS) is 15.1. The highest BCUT2D eigenvalue weighted by molar-refractivity contribution is 5.91. The summed E-state index contributed by atoms with van der Waals surface area (Å²) in [6, 6.07) is 5.28. The van der Waals surface area contributed by atoms with Gasteiger partial charge in [0.2, 0.25) is 0 Å². The Bertz CT molecular complexity index is 673. The maximum absolute atomic E-state index is 12.0. The van der Waals surface area contributed by atoms with Gasteiger partial charge in [-0.1, -0.05) is 0 Å². The van der Waals surface area contributed by atoms with Crippen LogP contribution in [0.25, 0.3) is 0 Å². The number of nitrogens with one attached hydrogen (secondary N) is 1. The maximum atomic E-state index is 12.0. The highest BCUT2D eigenvalue weighted by Gasteiger charge is 2.16. The monoisotopic (exact) mass is 328 g/mol. The van der Waals surface area contributed by atoms with Gasteiger partial charge < -0.3 is 19.9 Å². The number of hydrogen-bond donors (Lipinski definition) is 1. The molecular weight excluding hydrogens is 308 g/mol. The minimum atomic E-state index is -0.276. The second-order valence-corrected chi connectivity index (χ2v) is 5.58. The number of carbonyl (C=O) groups is 1. The summed E-state index contributed by atoms with van der Waals surface area (Å²) in [4.78, 5) is 28.8. The van der Waals surface area contributed by atoms with E-state index < -0.39 is 0 Å². The van der Waals surface area contributed by atoms with Gasteiger partial charge in [0, 0.05) is 38.4 Å². The number of rotatable bonds is 5. The highest BCUT2D eigenvalue weighted by Crippen LogP contribution is 2.16. The van der Waals surface area contributed by atoms with Crippen molar-refractivity contribution in [3.8, 4) is 5.75 Å². The molecule has 3 rings (SSSR count). The summed E-state index contributed by atoms with van der Waals surface area (Å²) in [5.41, 5.74) is 0. The summed E-state index contributed by atoms with van der Waals surface area (Å²) in [6.45, 7) is 3.70. The van der Waals surface area contributed by atoms with Gasteiger partial charge in [-0.05, 0) is 19.2 Å². The van der Waals surface area contributed by atoms with Gasteiger partial charge in [0.05, 0.1) is 6.20 Å². The molecule has 2 aromatic rings. The summed E-state index contributed by atoms with van der Waals surface area (Å²) < 4.78 is 5.36. The molecule has 0 bridgehead atoms. The lowest BCUT2D eigenvalue weighted by atomic mass is 10.3. The van der Waals surface area contributed by atoms with Gasteiger partial charge in [-0.15, -0.1) is 0 Å². The number of likely N-dealkylation sites (N-methyl/N-ethyl adjacent to an activating group) is 1. The molecule has 126 valence electrons. The van der Waals surface area contributed by atoms with Crippen LogP contribution in [0.4, 0.5) is 11.6 Å². The molecule has 1 amide bonds. The third kappa shape index (κ3) is 4.39. The first-order chi connectivity index (χ1) is 11.7. The number of nitrogens with zero attached hydrogens (tertiary/aromatic N) is 5. The summed E-state index contributed by atoms with van der Waals surface area (Å²) in [5, 5.41) is 2.73. The number of carbonyl (C=O) groups excluding carboxylic acids is 1. The molecule has 0 atom stereocenters. The molecule has 0 unspecified atom stereocenters. The first-order valence-electron chi connectivity index (χ1n) is 7.79. The van der Waals surface area contributed by atoms with Crippen LogP contribution in [-0.2, 0) is 4.79 Å². The zero-order valence-electron chi connectivity index (χ0n) is 13.6. The molecule has 24 heavy (non-hydrogen) atoms. The molecule has 0 radical (unpaired) electrons. The van der Waals surface area contributed by atoms with Gasteiger partial charge in [0.1, 0.15) is 23.7 Å². The minimum Gasteiger partial charge on any atom is -0.482 e. The molecule has 0 spiro atoms. The summed E-state index contributed by atoms with van der Waals surface area (Å²) in [5.74, 6) is 1.57. The summed E-state index contributed by atoms with van der Waals surface area (Å²) >= 11 is 0. The zero-order valence-corrected chi connectivity index (χ0v) is 13.6. The SMILES string of the molecule is CN1CCN(c2cc(NC(=O)COc3cccnc3)ncn2)CC1. The number of pyridine rings is 1. The van der Waals surface area contributed by atoms with Gasteiger partial charge in [0.25, 0.3) is 5.91 Å². The Kier molecular flexibility index (Phi) is 5.17. The van der Waals surface area contributed by atoms with Crippen molar-refractivity contribution < 1.29 is 9.53 Å². The Labute approximate surface area is 140 Å².